The minimum atomic E-state index is -3.64. The van der Waals surface area contributed by atoms with E-state index in [-0.39, 0.29) is 10.9 Å². The molecule has 86 valence electrons. The Kier molecular flexibility index (Phi) is 2.69. The van der Waals surface area contributed by atoms with E-state index in [1.54, 1.807) is 7.05 Å². The summed E-state index contributed by atoms with van der Waals surface area (Å²) in [6.07, 6.45) is 3.23. The van der Waals surface area contributed by atoms with Gasteiger partial charge in [0.15, 0.2) is 5.03 Å². The first-order chi connectivity index (χ1) is 7.54. The molecule has 0 saturated heterocycles. The minimum absolute atomic E-state index is 0.0772. The van der Waals surface area contributed by atoms with Crippen LogP contribution in [0, 0.1) is 17.2 Å². The molecule has 0 bridgehead atoms. The number of aromatic nitrogens is 2. The number of hydrogen-bond donors (Lipinski definition) is 1. The van der Waals surface area contributed by atoms with Crippen molar-refractivity contribution >= 4 is 10.0 Å². The first-order valence-corrected chi connectivity index (χ1v) is 6.43. The SMILES string of the molecule is Cn1nccc1S(=O)(=O)NC(C#N)C1CC1. The van der Waals surface area contributed by atoms with Crippen LogP contribution < -0.4 is 4.72 Å². The molecule has 0 aromatic carbocycles. The molecule has 0 aliphatic heterocycles. The predicted molar refractivity (Wildman–Crippen MR) is 55.7 cm³/mol. The van der Waals surface area contributed by atoms with E-state index in [1.807, 2.05) is 6.07 Å². The Morgan fingerprint density at radius 2 is 2.38 bits per heavy atom. The Hall–Kier alpha value is -1.39. The highest BCUT2D eigenvalue weighted by atomic mass is 32.2. The highest BCUT2D eigenvalue weighted by molar-refractivity contribution is 7.89. The fourth-order valence-corrected chi connectivity index (χ4v) is 2.85. The van der Waals surface area contributed by atoms with Crippen LogP contribution in [-0.4, -0.2) is 24.2 Å². The summed E-state index contributed by atoms with van der Waals surface area (Å²) in [6.45, 7) is 0. The standard InChI is InChI=1S/C9H12N4O2S/c1-13-9(4-5-11-13)16(14,15)12-8(6-10)7-2-3-7/h4-5,7-8,12H,2-3H2,1H3. The van der Waals surface area contributed by atoms with Crippen LogP contribution in [0.2, 0.25) is 0 Å². The zero-order valence-corrected chi connectivity index (χ0v) is 9.61. The normalized spacial score (nSPS) is 18.0. The van der Waals surface area contributed by atoms with Gasteiger partial charge in [-0.05, 0) is 24.8 Å². The summed E-state index contributed by atoms with van der Waals surface area (Å²) >= 11 is 0. The van der Waals surface area contributed by atoms with Crippen molar-refractivity contribution in [2.75, 3.05) is 0 Å². The van der Waals surface area contributed by atoms with Gasteiger partial charge in [0.25, 0.3) is 10.0 Å². The second-order valence-electron chi connectivity index (χ2n) is 3.86. The lowest BCUT2D eigenvalue weighted by Gasteiger charge is -2.10. The number of rotatable bonds is 4. The summed E-state index contributed by atoms with van der Waals surface area (Å²) in [5, 5.41) is 12.7. The molecule has 16 heavy (non-hydrogen) atoms. The molecule has 1 aromatic heterocycles. The number of nitrogens with zero attached hydrogens (tertiary/aromatic N) is 3. The van der Waals surface area contributed by atoms with Crippen molar-refractivity contribution in [3.05, 3.63) is 12.3 Å². The van der Waals surface area contributed by atoms with Gasteiger partial charge in [-0.3, -0.25) is 4.68 Å². The molecular formula is C9H12N4O2S. The zero-order chi connectivity index (χ0) is 11.8. The summed E-state index contributed by atoms with van der Waals surface area (Å²) in [7, 11) is -2.09. The lowest BCUT2D eigenvalue weighted by atomic mass is 10.2. The average molecular weight is 240 g/mol. The fourth-order valence-electron chi connectivity index (χ4n) is 1.51. The van der Waals surface area contributed by atoms with E-state index in [1.165, 1.54) is 16.9 Å². The van der Waals surface area contributed by atoms with Crippen molar-refractivity contribution in [3.8, 4) is 6.07 Å². The second-order valence-corrected chi connectivity index (χ2v) is 5.52. The number of hydrogen-bond acceptors (Lipinski definition) is 4. The molecule has 1 saturated carbocycles. The van der Waals surface area contributed by atoms with Crippen LogP contribution in [-0.2, 0) is 17.1 Å². The van der Waals surface area contributed by atoms with Gasteiger partial charge in [0.05, 0.1) is 12.3 Å². The van der Waals surface area contributed by atoms with Crippen LogP contribution in [0.25, 0.3) is 0 Å². The molecule has 1 heterocycles. The molecule has 7 heteroatoms. The molecule has 0 spiro atoms. The third kappa shape index (κ3) is 2.08. The Bertz CT molecular complexity index is 524. The van der Waals surface area contributed by atoms with Gasteiger partial charge in [-0.2, -0.15) is 15.1 Å². The van der Waals surface area contributed by atoms with Gasteiger partial charge >= 0.3 is 0 Å². The monoisotopic (exact) mass is 240 g/mol. The fraction of sp³-hybridized carbons (Fsp3) is 0.556. The van der Waals surface area contributed by atoms with Crippen LogP contribution in [0.1, 0.15) is 12.8 Å². The third-order valence-corrected chi connectivity index (χ3v) is 4.08. The summed E-state index contributed by atoms with van der Waals surface area (Å²) in [6, 6.07) is 2.76. The summed E-state index contributed by atoms with van der Waals surface area (Å²) < 4.78 is 27.5. The molecular weight excluding hydrogens is 228 g/mol. The van der Waals surface area contributed by atoms with Gasteiger partial charge in [-0.15, -0.1) is 0 Å². The van der Waals surface area contributed by atoms with Crippen molar-refractivity contribution in [2.24, 2.45) is 13.0 Å². The zero-order valence-electron chi connectivity index (χ0n) is 8.79. The van der Waals surface area contributed by atoms with Crippen molar-refractivity contribution in [1.29, 1.82) is 5.26 Å². The summed E-state index contributed by atoms with van der Waals surface area (Å²) in [5.41, 5.74) is 0. The van der Waals surface area contributed by atoms with Crippen LogP contribution in [0.15, 0.2) is 17.3 Å². The van der Waals surface area contributed by atoms with Crippen LogP contribution in [0.4, 0.5) is 0 Å². The van der Waals surface area contributed by atoms with Gasteiger partial charge in [0.2, 0.25) is 0 Å². The van der Waals surface area contributed by atoms with Crippen molar-refractivity contribution in [3.63, 3.8) is 0 Å². The largest absolute Gasteiger partial charge is 0.258 e. The van der Waals surface area contributed by atoms with Gasteiger partial charge < -0.3 is 0 Å². The lowest BCUT2D eigenvalue weighted by molar-refractivity contribution is 0.545. The van der Waals surface area contributed by atoms with Crippen LogP contribution in [0.3, 0.4) is 0 Å². The van der Waals surface area contributed by atoms with E-state index in [0.717, 1.165) is 12.8 Å². The number of aryl methyl sites for hydroxylation is 1. The molecule has 6 nitrogen and oxygen atoms in total. The molecule has 1 aliphatic rings. The Balaban J connectivity index is 2.20. The van der Waals surface area contributed by atoms with Crippen molar-refractivity contribution in [1.82, 2.24) is 14.5 Å². The van der Waals surface area contributed by atoms with Gasteiger partial charge in [0.1, 0.15) is 6.04 Å². The van der Waals surface area contributed by atoms with Crippen molar-refractivity contribution < 1.29 is 8.42 Å². The topological polar surface area (TPSA) is 87.8 Å². The van der Waals surface area contributed by atoms with Gasteiger partial charge in [-0.25, -0.2) is 8.42 Å². The van der Waals surface area contributed by atoms with Crippen LogP contribution in [0.5, 0.6) is 0 Å². The van der Waals surface area contributed by atoms with Gasteiger partial charge in [-0.1, -0.05) is 0 Å². The lowest BCUT2D eigenvalue weighted by Crippen LogP contribution is -2.36. The van der Waals surface area contributed by atoms with Gasteiger partial charge in [0, 0.05) is 7.05 Å². The Morgan fingerprint density at radius 1 is 1.69 bits per heavy atom. The van der Waals surface area contributed by atoms with E-state index in [0.29, 0.717) is 0 Å². The molecule has 1 atom stereocenters. The first-order valence-electron chi connectivity index (χ1n) is 4.94. The van der Waals surface area contributed by atoms with E-state index < -0.39 is 16.1 Å². The smallest absolute Gasteiger partial charge is 0.256 e. The number of nitrogens with one attached hydrogen (secondary N) is 1. The molecule has 1 unspecified atom stereocenters. The van der Waals surface area contributed by atoms with E-state index in [9.17, 15) is 8.42 Å². The number of sulfonamides is 1. The highest BCUT2D eigenvalue weighted by Gasteiger charge is 2.35. The maximum Gasteiger partial charge on any atom is 0.258 e. The molecule has 1 aromatic rings. The minimum Gasteiger partial charge on any atom is -0.256 e. The quantitative estimate of drug-likeness (QED) is 0.802. The first kappa shape index (κ1) is 11.1. The van der Waals surface area contributed by atoms with E-state index in [4.69, 9.17) is 5.26 Å². The average Bonchev–Trinajstić information content (AvgIpc) is 2.97. The highest BCUT2D eigenvalue weighted by Crippen LogP contribution is 2.32. The molecule has 1 fully saturated rings. The van der Waals surface area contributed by atoms with E-state index in [2.05, 4.69) is 9.82 Å². The Labute approximate surface area is 93.9 Å². The second kappa shape index (κ2) is 3.88. The molecule has 1 N–H and O–H groups in total. The van der Waals surface area contributed by atoms with Crippen LogP contribution >= 0.6 is 0 Å². The van der Waals surface area contributed by atoms with Crippen molar-refractivity contribution in [2.45, 2.75) is 23.9 Å². The summed E-state index contributed by atoms with van der Waals surface area (Å²) in [5.74, 6) is 0.160. The molecule has 1 aliphatic carbocycles. The van der Waals surface area contributed by atoms with E-state index >= 15 is 0 Å². The number of nitriles is 1. The molecule has 0 amide bonds. The molecule has 0 radical (unpaired) electrons. The predicted octanol–water partition coefficient (Wildman–Crippen LogP) is 0.000580. The maximum atomic E-state index is 11.9. The molecule has 2 rings (SSSR count). The maximum absolute atomic E-state index is 11.9. The summed E-state index contributed by atoms with van der Waals surface area (Å²) in [4.78, 5) is 0. The Morgan fingerprint density at radius 3 is 2.81 bits per heavy atom. The third-order valence-electron chi connectivity index (χ3n) is 2.57.